The molecule has 1 N–H and O–H groups in total. The molecule has 2 aliphatic heterocycles. The number of carbonyl (C=O) groups is 2. The summed E-state index contributed by atoms with van der Waals surface area (Å²) in [4.78, 5) is 42.9. The Morgan fingerprint density at radius 2 is 1.62 bits per heavy atom. The third kappa shape index (κ3) is 7.59. The minimum absolute atomic E-state index is 0.159. The lowest BCUT2D eigenvalue weighted by Gasteiger charge is -2.23. The number of hydrogen-bond acceptors (Lipinski definition) is 9. The van der Waals surface area contributed by atoms with Gasteiger partial charge >= 0.3 is 17.6 Å². The van der Waals surface area contributed by atoms with E-state index in [4.69, 9.17) is 23.4 Å². The number of nitrogens with one attached hydrogen (secondary N) is 1. The van der Waals surface area contributed by atoms with E-state index in [1.54, 1.807) is 29.2 Å². The molecule has 3 aromatic rings. The Hall–Kier alpha value is -4.51. The summed E-state index contributed by atoms with van der Waals surface area (Å²) in [6.07, 6.45) is 6.76. The lowest BCUT2D eigenvalue weighted by molar-refractivity contribution is -0.143. The second kappa shape index (κ2) is 14.5. The highest BCUT2D eigenvalue weighted by Crippen LogP contribution is 2.38. The summed E-state index contributed by atoms with van der Waals surface area (Å²) in [5.74, 6) is 0.861. The average Bonchev–Trinajstić information content (AvgIpc) is 3.76. The van der Waals surface area contributed by atoms with Gasteiger partial charge in [0, 0.05) is 54.8 Å². The summed E-state index contributed by atoms with van der Waals surface area (Å²) in [6, 6.07) is 8.64. The van der Waals surface area contributed by atoms with Crippen LogP contribution in [0.5, 0.6) is 17.2 Å². The largest absolute Gasteiger partial charge is 0.493 e. The Labute approximate surface area is 262 Å². The van der Waals surface area contributed by atoms with Crippen LogP contribution in [-0.4, -0.2) is 82.0 Å². The number of aryl methyl sites for hydroxylation is 1. The van der Waals surface area contributed by atoms with Crippen LogP contribution in [0.1, 0.15) is 42.4 Å². The first-order valence-electron chi connectivity index (χ1n) is 15.3. The van der Waals surface area contributed by atoms with Gasteiger partial charge in [-0.3, -0.25) is 4.90 Å². The van der Waals surface area contributed by atoms with Gasteiger partial charge in [0.2, 0.25) is 5.75 Å². The maximum absolute atomic E-state index is 13.3. The minimum Gasteiger partial charge on any atom is -0.493 e. The summed E-state index contributed by atoms with van der Waals surface area (Å²) < 4.78 is 27.9. The van der Waals surface area contributed by atoms with Crippen LogP contribution in [0.15, 0.2) is 45.6 Å². The van der Waals surface area contributed by atoms with Crippen LogP contribution >= 0.6 is 0 Å². The molecular formula is C34H41N3O8. The third-order valence-electron chi connectivity index (χ3n) is 8.41. The van der Waals surface area contributed by atoms with Gasteiger partial charge in [-0.25, -0.2) is 14.4 Å². The van der Waals surface area contributed by atoms with Crippen molar-refractivity contribution in [3.05, 3.63) is 63.5 Å². The Morgan fingerprint density at radius 1 is 0.956 bits per heavy atom. The second-order valence-corrected chi connectivity index (χ2v) is 11.4. The van der Waals surface area contributed by atoms with E-state index in [-0.39, 0.29) is 12.5 Å². The van der Waals surface area contributed by atoms with Crippen molar-refractivity contribution in [1.29, 1.82) is 0 Å². The number of carbonyl (C=O) groups excluding carboxylic acids is 2. The van der Waals surface area contributed by atoms with Crippen LogP contribution < -0.4 is 25.2 Å². The SMILES string of the molecule is COc1cc(C=CC(=O)OC(Cc2c(C)c3ccc(NC(=O)N4CCCC4)cc3oc2=O)CN2CCCC2)cc(OC)c1OC. The van der Waals surface area contributed by atoms with E-state index < -0.39 is 17.7 Å². The van der Waals surface area contributed by atoms with Crippen molar-refractivity contribution in [3.63, 3.8) is 0 Å². The van der Waals surface area contributed by atoms with Crippen LogP contribution in [0.2, 0.25) is 0 Å². The average molecular weight is 620 g/mol. The van der Waals surface area contributed by atoms with Gasteiger partial charge in [-0.15, -0.1) is 0 Å². The molecule has 2 fully saturated rings. The molecular weight excluding hydrogens is 578 g/mol. The van der Waals surface area contributed by atoms with Gasteiger partial charge in [0.25, 0.3) is 0 Å². The number of esters is 1. The van der Waals surface area contributed by atoms with E-state index in [1.165, 1.54) is 27.4 Å². The van der Waals surface area contributed by atoms with E-state index in [9.17, 15) is 14.4 Å². The van der Waals surface area contributed by atoms with Crippen molar-refractivity contribution >= 4 is 34.7 Å². The molecule has 0 aliphatic carbocycles. The Balaban J connectivity index is 1.34. The van der Waals surface area contributed by atoms with Crippen molar-refractivity contribution in [2.24, 2.45) is 0 Å². The molecule has 1 unspecified atom stereocenters. The number of methoxy groups -OCH3 is 3. The molecule has 11 nitrogen and oxygen atoms in total. The highest BCUT2D eigenvalue weighted by atomic mass is 16.5. The maximum Gasteiger partial charge on any atom is 0.339 e. The molecule has 2 amide bonds. The lowest BCUT2D eigenvalue weighted by atomic mass is 10.0. The van der Waals surface area contributed by atoms with Crippen LogP contribution in [0.4, 0.5) is 10.5 Å². The zero-order chi connectivity index (χ0) is 31.9. The molecule has 45 heavy (non-hydrogen) atoms. The predicted octanol–water partition coefficient (Wildman–Crippen LogP) is 5.02. The number of hydrogen-bond donors (Lipinski definition) is 1. The van der Waals surface area contributed by atoms with Crippen molar-refractivity contribution in [2.45, 2.75) is 45.1 Å². The molecule has 0 saturated carbocycles. The molecule has 5 rings (SSSR count). The molecule has 2 saturated heterocycles. The molecule has 1 atom stereocenters. The first-order chi connectivity index (χ1) is 21.8. The number of nitrogens with zero attached hydrogens (tertiary/aromatic N) is 2. The van der Waals surface area contributed by atoms with Crippen LogP contribution in [-0.2, 0) is 16.0 Å². The topological polar surface area (TPSA) is 120 Å². The molecule has 3 heterocycles. The fourth-order valence-electron chi connectivity index (χ4n) is 6.02. The van der Waals surface area contributed by atoms with Gasteiger partial charge in [0.05, 0.1) is 21.3 Å². The zero-order valence-electron chi connectivity index (χ0n) is 26.4. The van der Waals surface area contributed by atoms with Gasteiger partial charge in [-0.05, 0) is 87.2 Å². The van der Waals surface area contributed by atoms with Crippen molar-refractivity contribution < 1.29 is 33.0 Å². The van der Waals surface area contributed by atoms with Crippen molar-refractivity contribution in [2.75, 3.05) is 59.4 Å². The van der Waals surface area contributed by atoms with Crippen LogP contribution in [0.3, 0.4) is 0 Å². The summed E-state index contributed by atoms with van der Waals surface area (Å²) in [6.45, 7) is 5.67. The molecule has 2 aromatic carbocycles. The van der Waals surface area contributed by atoms with Gasteiger partial charge < -0.3 is 33.6 Å². The number of likely N-dealkylation sites (tertiary alicyclic amines) is 2. The fourth-order valence-corrected chi connectivity index (χ4v) is 6.02. The van der Waals surface area contributed by atoms with E-state index in [2.05, 4.69) is 10.2 Å². The maximum atomic E-state index is 13.3. The molecule has 0 bridgehead atoms. The smallest absolute Gasteiger partial charge is 0.339 e. The van der Waals surface area contributed by atoms with E-state index in [0.717, 1.165) is 62.8 Å². The Morgan fingerprint density at radius 3 is 2.27 bits per heavy atom. The Bertz CT molecular complexity index is 1590. The van der Waals surface area contributed by atoms with Gasteiger partial charge in [0.15, 0.2) is 11.5 Å². The molecule has 1 aromatic heterocycles. The fraction of sp³-hybridized carbons (Fsp3) is 0.441. The highest BCUT2D eigenvalue weighted by Gasteiger charge is 2.24. The second-order valence-electron chi connectivity index (χ2n) is 11.4. The first kappa shape index (κ1) is 31.9. The normalized spacial score (nSPS) is 15.9. The standard InChI is InChI=1S/C34H41N3O8/c1-22-26-11-10-24(35-34(40)37-15-7-8-16-37)19-28(26)45-33(39)27(22)20-25(21-36-13-5-6-14-36)44-31(38)12-9-23-17-29(41-2)32(43-4)30(18-23)42-3/h9-12,17-19,25H,5-8,13-16,20-21H2,1-4H3,(H,35,40). The van der Waals surface area contributed by atoms with Gasteiger partial charge in [-0.2, -0.15) is 0 Å². The Kier molecular flexibility index (Phi) is 10.3. The van der Waals surface area contributed by atoms with E-state index >= 15 is 0 Å². The van der Waals surface area contributed by atoms with Gasteiger partial charge in [0.1, 0.15) is 11.7 Å². The van der Waals surface area contributed by atoms with Crippen LogP contribution in [0.25, 0.3) is 17.0 Å². The summed E-state index contributed by atoms with van der Waals surface area (Å²) >= 11 is 0. The molecule has 11 heteroatoms. The summed E-state index contributed by atoms with van der Waals surface area (Å²) in [5, 5.41) is 3.66. The number of fused-ring (bicyclic) bond motifs is 1. The van der Waals surface area contributed by atoms with Crippen LogP contribution in [0, 0.1) is 6.92 Å². The summed E-state index contributed by atoms with van der Waals surface area (Å²) in [5.41, 5.74) is 2.35. The quantitative estimate of drug-likeness (QED) is 0.179. The number of amides is 2. The number of urea groups is 1. The minimum atomic E-state index is -0.571. The highest BCUT2D eigenvalue weighted by molar-refractivity contribution is 5.93. The lowest BCUT2D eigenvalue weighted by Crippen LogP contribution is -2.35. The monoisotopic (exact) mass is 619 g/mol. The van der Waals surface area contributed by atoms with Gasteiger partial charge in [-0.1, -0.05) is 0 Å². The van der Waals surface area contributed by atoms with E-state index in [1.807, 2.05) is 19.1 Å². The van der Waals surface area contributed by atoms with Crippen molar-refractivity contribution in [1.82, 2.24) is 9.80 Å². The number of benzene rings is 2. The number of ether oxygens (including phenoxy) is 4. The molecule has 240 valence electrons. The zero-order valence-corrected chi connectivity index (χ0v) is 26.4. The number of rotatable bonds is 11. The molecule has 2 aliphatic rings. The number of anilines is 1. The molecule has 0 spiro atoms. The first-order valence-corrected chi connectivity index (χ1v) is 15.3. The summed E-state index contributed by atoms with van der Waals surface area (Å²) in [7, 11) is 4.58. The van der Waals surface area contributed by atoms with Crippen molar-refractivity contribution in [3.8, 4) is 17.2 Å². The van der Waals surface area contributed by atoms with E-state index in [0.29, 0.717) is 46.2 Å². The third-order valence-corrected chi connectivity index (χ3v) is 8.41. The molecule has 0 radical (unpaired) electrons. The predicted molar refractivity (Wildman–Crippen MR) is 171 cm³/mol.